The lowest BCUT2D eigenvalue weighted by Crippen LogP contribution is -2.44. The van der Waals surface area contributed by atoms with Gasteiger partial charge in [-0.2, -0.15) is 0 Å². The summed E-state index contributed by atoms with van der Waals surface area (Å²) in [5.74, 6) is 0.135. The van der Waals surface area contributed by atoms with Gasteiger partial charge >= 0.3 is 0 Å². The number of ether oxygens (including phenoxy) is 1. The van der Waals surface area contributed by atoms with E-state index in [0.717, 1.165) is 52.3 Å². The number of anilines is 1. The summed E-state index contributed by atoms with van der Waals surface area (Å²) in [7, 11) is 0. The van der Waals surface area contributed by atoms with Crippen LogP contribution in [0.2, 0.25) is 0 Å². The van der Waals surface area contributed by atoms with Crippen LogP contribution in [0.1, 0.15) is 32.1 Å². The Balaban J connectivity index is 1.30. The number of pyridine rings is 1. The molecule has 3 aromatic rings. The quantitative estimate of drug-likeness (QED) is 0.420. The molecule has 1 saturated heterocycles. The van der Waals surface area contributed by atoms with Crippen molar-refractivity contribution in [2.75, 3.05) is 18.5 Å². The second-order valence-corrected chi connectivity index (χ2v) is 9.66. The molecule has 2 aliphatic rings. The molecule has 1 amide bonds. The van der Waals surface area contributed by atoms with E-state index in [-0.39, 0.29) is 29.7 Å². The standard InChI is InChI=1S/C22H24FIN6O2/c23-18-10-27-20(17-9-26-19-16(17)6-13(24)8-25-19)30-21(18)28-14-2-1-3-15(7-14)29-22(31)12-4-5-32-11-12/h6,8-10,12,14-15H,1-5,7,11H2,(H,25,26)(H,29,31)(H,27,28,30)/t12?,14-,15+/m0/s1. The summed E-state index contributed by atoms with van der Waals surface area (Å²) in [6.45, 7) is 1.14. The predicted molar refractivity (Wildman–Crippen MR) is 127 cm³/mol. The third-order valence-corrected chi connectivity index (χ3v) is 6.73. The van der Waals surface area contributed by atoms with Crippen molar-refractivity contribution in [1.29, 1.82) is 0 Å². The summed E-state index contributed by atoms with van der Waals surface area (Å²) in [5, 5.41) is 7.30. The van der Waals surface area contributed by atoms with E-state index in [1.165, 1.54) is 6.20 Å². The average Bonchev–Trinajstić information content (AvgIpc) is 3.46. The summed E-state index contributed by atoms with van der Waals surface area (Å²) < 4.78 is 20.9. The highest BCUT2D eigenvalue weighted by Crippen LogP contribution is 2.29. The van der Waals surface area contributed by atoms with E-state index >= 15 is 0 Å². The number of aromatic amines is 1. The lowest BCUT2D eigenvalue weighted by molar-refractivity contribution is -0.125. The van der Waals surface area contributed by atoms with Gasteiger partial charge in [0.1, 0.15) is 5.65 Å². The van der Waals surface area contributed by atoms with Crippen LogP contribution in [0.5, 0.6) is 0 Å². The predicted octanol–water partition coefficient (Wildman–Crippen LogP) is 3.64. The number of hydrogen-bond acceptors (Lipinski definition) is 6. The molecule has 1 aliphatic heterocycles. The van der Waals surface area contributed by atoms with Crippen LogP contribution in [0.3, 0.4) is 0 Å². The molecule has 8 nitrogen and oxygen atoms in total. The Morgan fingerprint density at radius 3 is 2.94 bits per heavy atom. The highest BCUT2D eigenvalue weighted by atomic mass is 127. The first-order chi connectivity index (χ1) is 15.6. The van der Waals surface area contributed by atoms with Gasteiger partial charge in [-0.3, -0.25) is 4.79 Å². The van der Waals surface area contributed by atoms with Gasteiger partial charge in [-0.1, -0.05) is 0 Å². The van der Waals surface area contributed by atoms with Crippen molar-refractivity contribution in [3.8, 4) is 11.4 Å². The minimum Gasteiger partial charge on any atom is -0.381 e. The molecule has 1 saturated carbocycles. The van der Waals surface area contributed by atoms with Crippen molar-refractivity contribution >= 4 is 45.3 Å². The van der Waals surface area contributed by atoms with Gasteiger partial charge < -0.3 is 20.4 Å². The summed E-state index contributed by atoms with van der Waals surface area (Å²) in [5.41, 5.74) is 1.52. The molecule has 3 aromatic heterocycles. The maximum Gasteiger partial charge on any atom is 0.225 e. The van der Waals surface area contributed by atoms with E-state index in [9.17, 15) is 9.18 Å². The van der Waals surface area contributed by atoms with Crippen LogP contribution >= 0.6 is 22.6 Å². The number of nitrogens with zero attached hydrogens (tertiary/aromatic N) is 3. The van der Waals surface area contributed by atoms with Gasteiger partial charge in [0.15, 0.2) is 17.5 Å². The Labute approximate surface area is 198 Å². The number of rotatable bonds is 5. The van der Waals surface area contributed by atoms with Gasteiger partial charge in [0, 0.05) is 45.6 Å². The van der Waals surface area contributed by atoms with Gasteiger partial charge in [-0.25, -0.2) is 19.3 Å². The zero-order valence-corrected chi connectivity index (χ0v) is 19.6. The Morgan fingerprint density at radius 2 is 2.09 bits per heavy atom. The molecule has 3 N–H and O–H groups in total. The first-order valence-electron chi connectivity index (χ1n) is 10.9. The van der Waals surface area contributed by atoms with Gasteiger partial charge in [-0.15, -0.1) is 0 Å². The summed E-state index contributed by atoms with van der Waals surface area (Å²) in [6.07, 6.45) is 9.06. The van der Waals surface area contributed by atoms with E-state index in [1.807, 2.05) is 6.07 Å². The van der Waals surface area contributed by atoms with Crippen molar-refractivity contribution in [2.45, 2.75) is 44.2 Å². The zero-order chi connectivity index (χ0) is 22.1. The lowest BCUT2D eigenvalue weighted by atomic mass is 9.90. The minimum atomic E-state index is -0.490. The molecule has 0 spiro atoms. The van der Waals surface area contributed by atoms with Crippen LogP contribution in [-0.2, 0) is 9.53 Å². The topological polar surface area (TPSA) is 105 Å². The maximum absolute atomic E-state index is 14.6. The normalized spacial score (nSPS) is 23.4. The fourth-order valence-electron chi connectivity index (χ4n) is 4.47. The van der Waals surface area contributed by atoms with Crippen molar-refractivity contribution in [2.24, 2.45) is 5.92 Å². The Bertz CT molecular complexity index is 1130. The number of aromatic nitrogens is 4. The van der Waals surface area contributed by atoms with Crippen LogP contribution in [0.25, 0.3) is 22.4 Å². The van der Waals surface area contributed by atoms with E-state index < -0.39 is 5.82 Å². The van der Waals surface area contributed by atoms with Crippen LogP contribution in [-0.4, -0.2) is 51.1 Å². The molecular formula is C22H24FIN6O2. The Hall–Kier alpha value is -2.34. The molecule has 1 unspecified atom stereocenters. The van der Waals surface area contributed by atoms with Crippen molar-refractivity contribution < 1.29 is 13.9 Å². The highest BCUT2D eigenvalue weighted by Gasteiger charge is 2.29. The first-order valence-corrected chi connectivity index (χ1v) is 11.9. The van der Waals surface area contributed by atoms with Crippen LogP contribution < -0.4 is 10.6 Å². The summed E-state index contributed by atoms with van der Waals surface area (Å²) >= 11 is 2.21. The fourth-order valence-corrected chi connectivity index (χ4v) is 4.92. The SMILES string of the molecule is O=C(N[C@@H]1CCC[C@H](Nc2nc(-c3c[nH]c4ncc(I)cc34)ncc2F)C1)C1CCOC1. The largest absolute Gasteiger partial charge is 0.381 e. The van der Waals surface area contributed by atoms with E-state index in [2.05, 4.69) is 53.2 Å². The third kappa shape index (κ3) is 4.56. The molecular weight excluding hydrogens is 526 g/mol. The van der Waals surface area contributed by atoms with Crippen molar-refractivity contribution in [3.05, 3.63) is 34.0 Å². The minimum absolute atomic E-state index is 0.0247. The highest BCUT2D eigenvalue weighted by molar-refractivity contribution is 14.1. The lowest BCUT2D eigenvalue weighted by Gasteiger charge is -2.31. The second kappa shape index (κ2) is 9.26. The monoisotopic (exact) mass is 550 g/mol. The molecule has 32 heavy (non-hydrogen) atoms. The van der Waals surface area contributed by atoms with Gasteiger partial charge in [-0.05, 0) is 60.8 Å². The number of carbonyl (C=O) groups is 1. The average molecular weight is 550 g/mol. The molecule has 2 fully saturated rings. The molecule has 168 valence electrons. The molecule has 5 rings (SSSR count). The van der Waals surface area contributed by atoms with E-state index in [4.69, 9.17) is 4.74 Å². The van der Waals surface area contributed by atoms with E-state index in [1.54, 1.807) is 12.4 Å². The number of carbonyl (C=O) groups excluding carboxylic acids is 1. The van der Waals surface area contributed by atoms with Gasteiger partial charge in [0.05, 0.1) is 18.7 Å². The molecule has 0 radical (unpaired) electrons. The summed E-state index contributed by atoms with van der Waals surface area (Å²) in [4.78, 5) is 28.6. The first kappa shape index (κ1) is 21.5. The van der Waals surface area contributed by atoms with Crippen LogP contribution in [0.4, 0.5) is 10.2 Å². The van der Waals surface area contributed by atoms with E-state index in [0.29, 0.717) is 19.0 Å². The number of hydrogen-bond donors (Lipinski definition) is 3. The second-order valence-electron chi connectivity index (χ2n) is 8.42. The zero-order valence-electron chi connectivity index (χ0n) is 17.4. The van der Waals surface area contributed by atoms with Crippen molar-refractivity contribution in [3.63, 3.8) is 0 Å². The van der Waals surface area contributed by atoms with Gasteiger partial charge in [0.25, 0.3) is 0 Å². The van der Waals surface area contributed by atoms with Gasteiger partial charge in [0.2, 0.25) is 5.91 Å². The fraction of sp³-hybridized carbons (Fsp3) is 0.455. The molecule has 10 heteroatoms. The summed E-state index contributed by atoms with van der Waals surface area (Å²) in [6, 6.07) is 2.09. The number of nitrogens with one attached hydrogen (secondary N) is 3. The number of H-pyrrole nitrogens is 1. The number of amides is 1. The third-order valence-electron chi connectivity index (χ3n) is 6.14. The molecule has 4 heterocycles. The van der Waals surface area contributed by atoms with Crippen LogP contribution in [0, 0.1) is 15.3 Å². The maximum atomic E-state index is 14.6. The number of fused-ring (bicyclic) bond motifs is 1. The Kier molecular flexibility index (Phi) is 6.22. The Morgan fingerprint density at radius 1 is 1.22 bits per heavy atom. The molecule has 1 aliphatic carbocycles. The van der Waals surface area contributed by atoms with Crippen LogP contribution in [0.15, 0.2) is 24.7 Å². The number of halogens is 2. The molecule has 3 atom stereocenters. The molecule has 0 aromatic carbocycles. The van der Waals surface area contributed by atoms with Crippen molar-refractivity contribution in [1.82, 2.24) is 25.3 Å². The smallest absolute Gasteiger partial charge is 0.225 e. The molecule has 0 bridgehead atoms.